The van der Waals surface area contributed by atoms with Gasteiger partial charge in [-0.1, -0.05) is 11.8 Å². The van der Waals surface area contributed by atoms with Gasteiger partial charge in [-0.25, -0.2) is 37.8 Å². The van der Waals surface area contributed by atoms with E-state index in [1.807, 2.05) is 0 Å². The minimum atomic E-state index is -5.78. The summed E-state index contributed by atoms with van der Waals surface area (Å²) < 4.78 is 112. The molecule has 2 saturated heterocycles. The van der Waals surface area contributed by atoms with Crippen LogP contribution in [0.4, 0.5) is 19.0 Å². The summed E-state index contributed by atoms with van der Waals surface area (Å²) in [6, 6.07) is 1.14. The Labute approximate surface area is 319 Å². The van der Waals surface area contributed by atoms with Crippen LogP contribution < -0.4 is 16.6 Å². The van der Waals surface area contributed by atoms with Crippen LogP contribution in [0.5, 0.6) is 0 Å². The van der Waals surface area contributed by atoms with E-state index in [0.29, 0.717) is 30.7 Å². The third-order valence-electron chi connectivity index (χ3n) is 7.38. The number of rotatable bonds is 20. The highest BCUT2D eigenvalue weighted by molar-refractivity contribution is 7.99. The number of fused-ring (bicyclic) bond motifs is 1. The Kier molecular flexibility index (Phi) is 15.2. The van der Waals surface area contributed by atoms with Gasteiger partial charge in [0, 0.05) is 30.3 Å². The number of nitrogens with one attached hydrogen (secondary N) is 2. The first-order valence-electron chi connectivity index (χ1n) is 15.8. The second-order valence-corrected chi connectivity index (χ2v) is 18.6. The average Bonchev–Trinajstić information content (AvgIpc) is 3.83. The predicted octanol–water partition coefficient (Wildman–Crippen LogP) is 4.01. The smallest absolute Gasteiger partial charge is 0.367 e. The average molecular weight is 906 g/mol. The Morgan fingerprint density at radius 2 is 1.67 bits per heavy atom. The molecule has 8 atom stereocenters. The zero-order valence-electron chi connectivity index (χ0n) is 27.9. The highest BCUT2D eigenvalue weighted by atomic mass is 32.2. The lowest BCUT2D eigenvalue weighted by Gasteiger charge is -2.20. The van der Waals surface area contributed by atoms with Crippen molar-refractivity contribution in [3.05, 3.63) is 39.4 Å². The lowest BCUT2D eigenvalue weighted by Crippen LogP contribution is -2.31. The van der Waals surface area contributed by atoms with Crippen molar-refractivity contribution in [1.82, 2.24) is 29.1 Å². The van der Waals surface area contributed by atoms with Crippen molar-refractivity contribution >= 4 is 73.9 Å². The fourth-order valence-corrected chi connectivity index (χ4v) is 10.3. The Morgan fingerprint density at radius 1 is 1.00 bits per heavy atom. The molecule has 0 spiro atoms. The van der Waals surface area contributed by atoms with Crippen LogP contribution in [0.15, 0.2) is 33.3 Å². The largest absolute Gasteiger partial charge is 0.490 e. The van der Waals surface area contributed by atoms with Gasteiger partial charge in [0.2, 0.25) is 0 Å². The number of phosphoric ester groups is 1. The fraction of sp³-hybridized carbons (Fsp3) is 0.625. The number of aromatic nitrogens is 6. The minimum Gasteiger partial charge on any atom is -0.367 e. The first-order chi connectivity index (χ1) is 25.8. The number of alkyl halides is 3. The molecule has 2 fully saturated rings. The number of anilines is 1. The van der Waals surface area contributed by atoms with Crippen molar-refractivity contribution < 1.29 is 73.0 Å². The van der Waals surface area contributed by atoms with Crippen LogP contribution in [0.3, 0.4) is 0 Å². The van der Waals surface area contributed by atoms with Gasteiger partial charge >= 0.3 is 35.3 Å². The fourth-order valence-electron chi connectivity index (χ4n) is 5.10. The Balaban J connectivity index is 1.08. The summed E-state index contributed by atoms with van der Waals surface area (Å²) in [4.78, 5) is 68.1. The summed E-state index contributed by atoms with van der Waals surface area (Å²) in [6.45, 7) is -0.497. The molecule has 308 valence electrons. The summed E-state index contributed by atoms with van der Waals surface area (Å²) in [5.74, 6) is 0.356. The van der Waals surface area contributed by atoms with E-state index >= 15 is 0 Å². The van der Waals surface area contributed by atoms with E-state index in [1.54, 1.807) is 0 Å². The number of H-pyrrole nitrogens is 1. The van der Waals surface area contributed by atoms with Crippen LogP contribution >= 0.6 is 56.9 Å². The Morgan fingerprint density at radius 3 is 2.35 bits per heavy atom. The van der Waals surface area contributed by atoms with Gasteiger partial charge in [-0.2, -0.15) is 34.4 Å². The molecule has 5 N–H and O–H groups in total. The summed E-state index contributed by atoms with van der Waals surface area (Å²) in [5.41, 5.74) is -0.732. The van der Waals surface area contributed by atoms with Crippen LogP contribution in [0.1, 0.15) is 44.6 Å². The highest BCUT2D eigenvalue weighted by Gasteiger charge is 2.43. The lowest BCUT2D eigenvalue weighted by molar-refractivity contribution is -0.129. The van der Waals surface area contributed by atoms with Gasteiger partial charge in [0.25, 0.3) is 5.56 Å². The molecule has 8 unspecified atom stereocenters. The number of hydrogen-bond donors (Lipinski definition) is 6. The monoisotopic (exact) mass is 905 g/mol. The first-order valence-corrected chi connectivity index (χ1v) is 22.8. The lowest BCUT2D eigenvalue weighted by atomic mass is 10.2. The topological polar surface area (TPSA) is 287 Å². The van der Waals surface area contributed by atoms with E-state index in [4.69, 9.17) is 18.5 Å². The molecule has 31 heteroatoms. The molecule has 0 aromatic carbocycles. The molecule has 0 amide bonds. The molecule has 0 aliphatic carbocycles. The molecule has 2 aliphatic heterocycles. The number of nitrogens with zero attached hydrogens (tertiary/aromatic N) is 5. The molecule has 5 heterocycles. The van der Waals surface area contributed by atoms with E-state index in [2.05, 4.69) is 50.8 Å². The number of thiol groups is 1. The van der Waals surface area contributed by atoms with Crippen LogP contribution in [0, 0.1) is 0 Å². The number of imidazole rings is 1. The maximum Gasteiger partial charge on any atom is 0.490 e. The number of halogens is 3. The Bertz CT molecular complexity index is 2060. The molecule has 0 saturated carbocycles. The Hall–Kier alpha value is -1.76. The number of ether oxygens (including phenoxy) is 2. The third kappa shape index (κ3) is 13.4. The second-order valence-electron chi connectivity index (χ2n) is 11.5. The van der Waals surface area contributed by atoms with Crippen molar-refractivity contribution in [2.45, 2.75) is 68.1 Å². The molecule has 0 bridgehead atoms. The molecule has 55 heavy (non-hydrogen) atoms. The van der Waals surface area contributed by atoms with Crippen molar-refractivity contribution in [1.29, 1.82) is 0 Å². The van der Waals surface area contributed by atoms with E-state index in [9.17, 15) is 51.1 Å². The number of hydrogen-bond acceptors (Lipinski definition) is 18. The van der Waals surface area contributed by atoms with Crippen LogP contribution in [0.2, 0.25) is 0 Å². The predicted molar refractivity (Wildman–Crippen MR) is 190 cm³/mol. The van der Waals surface area contributed by atoms with Crippen molar-refractivity contribution in [2.75, 3.05) is 36.6 Å². The molecule has 2 aliphatic rings. The van der Waals surface area contributed by atoms with Gasteiger partial charge in [0.1, 0.15) is 12.5 Å². The molecule has 5 rings (SSSR count). The third-order valence-corrected chi connectivity index (χ3v) is 13.7. The normalized spacial score (nSPS) is 24.0. The number of thioether (sulfide) groups is 1. The molecular formula is C24H34F3N7O15P4S2. The van der Waals surface area contributed by atoms with Gasteiger partial charge in [-0.05, 0) is 25.7 Å². The number of phosphoric acid groups is 3. The summed E-state index contributed by atoms with van der Waals surface area (Å²) >= 11 is 4.94. The van der Waals surface area contributed by atoms with E-state index < -0.39 is 87.6 Å². The van der Waals surface area contributed by atoms with Crippen molar-refractivity contribution in [3.63, 3.8) is 0 Å². The van der Waals surface area contributed by atoms with E-state index in [-0.39, 0.29) is 41.8 Å². The summed E-state index contributed by atoms with van der Waals surface area (Å²) in [7, 11) is -17.9. The molecule has 22 nitrogen and oxygen atoms in total. The van der Waals surface area contributed by atoms with E-state index in [1.165, 1.54) is 21.7 Å². The maximum atomic E-state index is 12.7. The molecule has 0 radical (unpaired) electrons. The van der Waals surface area contributed by atoms with Gasteiger partial charge in [0.05, 0.1) is 38.2 Å². The zero-order valence-corrected chi connectivity index (χ0v) is 33.3. The van der Waals surface area contributed by atoms with Crippen molar-refractivity contribution in [3.8, 4) is 0 Å². The second kappa shape index (κ2) is 18.9. The van der Waals surface area contributed by atoms with Crippen LogP contribution in [0.25, 0.3) is 11.2 Å². The standard InChI is InChI=1S/C24H34F3N7O15P4S2/c25-24(26,27)6-10-55-22-31-20(28-7-9-54)19-21(32-22)34(13-29-19)18-4-2-15(46-18)12-44-51(37,38)48-53(41,42)49-52(39,40)47-50-43-11-14-1-3-17(45-14)33-8-5-16(35)30-23(33)36/h5,8,13-15,17-18,50,54H,1-4,6-7,9-12H2,(H,37,38)(H,39,40)(H,41,42)(H,28,31,32)(H,30,35,36). The minimum absolute atomic E-state index is 0.0508. The molecule has 3 aromatic rings. The van der Waals surface area contributed by atoms with Crippen molar-refractivity contribution in [2.24, 2.45) is 0 Å². The van der Waals surface area contributed by atoms with Crippen LogP contribution in [-0.4, -0.2) is 93.4 Å². The van der Waals surface area contributed by atoms with Crippen LogP contribution in [-0.2, 0) is 45.1 Å². The van der Waals surface area contributed by atoms with Gasteiger partial charge < -0.3 is 34.0 Å². The SMILES string of the molecule is O=c1ccn(C2CCC(COPOP(=O)(O)OP(=O)(O)OP(=O)(O)OCC3CCC(n4cnc5c(NCCS)nc(SCCC(F)(F)F)nc54)O3)O2)c(=O)[nH]1. The highest BCUT2D eigenvalue weighted by Crippen LogP contribution is 2.69. The summed E-state index contributed by atoms with van der Waals surface area (Å²) in [5, 5.41) is 3.06. The van der Waals surface area contributed by atoms with Gasteiger partial charge in [0.15, 0.2) is 31.2 Å². The van der Waals surface area contributed by atoms with Gasteiger partial charge in [-0.3, -0.25) is 23.4 Å². The first kappa shape index (κ1) is 44.3. The summed E-state index contributed by atoms with van der Waals surface area (Å²) in [6.07, 6.45) is -4.47. The maximum absolute atomic E-state index is 12.7. The van der Waals surface area contributed by atoms with E-state index in [0.717, 1.165) is 17.8 Å². The number of aromatic amines is 1. The molecular weight excluding hydrogens is 871 g/mol. The zero-order chi connectivity index (χ0) is 40.0. The molecule has 3 aromatic heterocycles. The van der Waals surface area contributed by atoms with Gasteiger partial charge in [-0.15, -0.1) is 0 Å². The quantitative estimate of drug-likeness (QED) is 0.0307.